The minimum absolute atomic E-state index is 0.142. The summed E-state index contributed by atoms with van der Waals surface area (Å²) in [5.74, 6) is -0.229. The number of hydrogen-bond acceptors (Lipinski definition) is 5. The van der Waals surface area contributed by atoms with Crippen LogP contribution in [0.2, 0.25) is 0 Å². The predicted octanol–water partition coefficient (Wildman–Crippen LogP) is -0.197. The first-order valence-electron chi connectivity index (χ1n) is 4.59. The summed E-state index contributed by atoms with van der Waals surface area (Å²) in [7, 11) is 0. The molecule has 6 heteroatoms. The lowest BCUT2D eigenvalue weighted by Crippen LogP contribution is -2.13. The molecule has 2 rings (SSSR count). The smallest absolute Gasteiger partial charge is 0.249 e. The molecule has 0 aliphatic rings. The lowest BCUT2D eigenvalue weighted by Gasteiger charge is -2.06. The fourth-order valence-electron chi connectivity index (χ4n) is 1.54. The number of carbonyl (C=O) groups is 1. The van der Waals surface area contributed by atoms with Gasteiger partial charge in [0.1, 0.15) is 12.4 Å². The van der Waals surface area contributed by atoms with E-state index in [9.17, 15) is 4.79 Å². The van der Waals surface area contributed by atoms with E-state index in [1.807, 2.05) is 0 Å². The van der Waals surface area contributed by atoms with Gasteiger partial charge >= 0.3 is 0 Å². The molecule has 0 aliphatic carbocycles. The van der Waals surface area contributed by atoms with E-state index in [1.165, 1.54) is 0 Å². The molecule has 0 fully saturated rings. The second-order valence-corrected chi connectivity index (χ2v) is 3.25. The molecule has 16 heavy (non-hydrogen) atoms. The standard InChI is InChI=1S/C10H10N4O2/c11-9-8-5(10(12)16)2-1-3-6(8)13-7(4-15)14-9/h1-3,15H,4H2,(H2,12,16)(H2,11,13,14). The number of nitrogens with zero attached hydrogens (tertiary/aromatic N) is 2. The Bertz CT molecular complexity index is 568. The van der Waals surface area contributed by atoms with E-state index in [0.29, 0.717) is 10.9 Å². The van der Waals surface area contributed by atoms with Crippen LogP contribution in [0, 0.1) is 0 Å². The fraction of sp³-hybridized carbons (Fsp3) is 0.100. The number of aliphatic hydroxyl groups excluding tert-OH is 1. The van der Waals surface area contributed by atoms with Crippen LogP contribution in [0.4, 0.5) is 5.82 Å². The molecule has 0 unspecified atom stereocenters. The van der Waals surface area contributed by atoms with Crippen molar-refractivity contribution in [3.8, 4) is 0 Å². The van der Waals surface area contributed by atoms with Crippen molar-refractivity contribution in [3.05, 3.63) is 29.6 Å². The van der Waals surface area contributed by atoms with Crippen LogP contribution in [0.5, 0.6) is 0 Å². The molecular weight excluding hydrogens is 208 g/mol. The second-order valence-electron chi connectivity index (χ2n) is 3.25. The summed E-state index contributed by atoms with van der Waals surface area (Å²) in [5, 5.41) is 9.35. The zero-order valence-electron chi connectivity index (χ0n) is 8.34. The highest BCUT2D eigenvalue weighted by Crippen LogP contribution is 2.21. The van der Waals surface area contributed by atoms with Crippen molar-refractivity contribution in [2.45, 2.75) is 6.61 Å². The van der Waals surface area contributed by atoms with E-state index < -0.39 is 5.91 Å². The molecule has 82 valence electrons. The zero-order chi connectivity index (χ0) is 11.7. The van der Waals surface area contributed by atoms with Gasteiger partial charge in [-0.3, -0.25) is 4.79 Å². The van der Waals surface area contributed by atoms with E-state index in [2.05, 4.69) is 9.97 Å². The molecule has 1 amide bonds. The van der Waals surface area contributed by atoms with Gasteiger partial charge in [0.25, 0.3) is 0 Å². The summed E-state index contributed by atoms with van der Waals surface area (Å²) in [4.78, 5) is 19.1. The van der Waals surface area contributed by atoms with Crippen molar-refractivity contribution < 1.29 is 9.90 Å². The van der Waals surface area contributed by atoms with Gasteiger partial charge in [-0.1, -0.05) is 6.07 Å². The van der Waals surface area contributed by atoms with Gasteiger partial charge in [-0.05, 0) is 12.1 Å². The van der Waals surface area contributed by atoms with Gasteiger partial charge in [-0.15, -0.1) is 0 Å². The van der Waals surface area contributed by atoms with Crippen LogP contribution < -0.4 is 11.5 Å². The number of amides is 1. The third-order valence-corrected chi connectivity index (χ3v) is 2.20. The Morgan fingerprint density at radius 2 is 2.12 bits per heavy atom. The lowest BCUT2D eigenvalue weighted by atomic mass is 10.1. The number of carbonyl (C=O) groups excluding carboxylic acids is 1. The molecule has 0 saturated carbocycles. The number of aromatic nitrogens is 2. The number of benzene rings is 1. The van der Waals surface area contributed by atoms with E-state index >= 15 is 0 Å². The molecule has 5 N–H and O–H groups in total. The van der Waals surface area contributed by atoms with Crippen molar-refractivity contribution in [3.63, 3.8) is 0 Å². The first kappa shape index (κ1) is 10.3. The summed E-state index contributed by atoms with van der Waals surface area (Å²) < 4.78 is 0. The number of nitrogen functional groups attached to an aromatic ring is 1. The Balaban J connectivity index is 2.83. The molecule has 2 aromatic rings. The van der Waals surface area contributed by atoms with Gasteiger partial charge in [-0.25, -0.2) is 9.97 Å². The van der Waals surface area contributed by atoms with Gasteiger partial charge in [0.2, 0.25) is 5.91 Å². The molecule has 0 radical (unpaired) electrons. The number of rotatable bonds is 2. The van der Waals surface area contributed by atoms with Gasteiger partial charge in [0.15, 0.2) is 5.82 Å². The van der Waals surface area contributed by atoms with Crippen LogP contribution >= 0.6 is 0 Å². The zero-order valence-corrected chi connectivity index (χ0v) is 8.34. The SMILES string of the molecule is NC(=O)c1cccc2nc(CO)nc(N)c12. The minimum atomic E-state index is -0.586. The Hall–Kier alpha value is -2.21. The highest BCUT2D eigenvalue weighted by Gasteiger charge is 2.12. The summed E-state index contributed by atoms with van der Waals surface area (Å²) in [6, 6.07) is 4.89. The molecule has 1 aromatic carbocycles. The van der Waals surface area contributed by atoms with E-state index in [1.54, 1.807) is 18.2 Å². The summed E-state index contributed by atoms with van der Waals surface area (Å²) in [6.45, 7) is -0.305. The molecule has 0 spiro atoms. The summed E-state index contributed by atoms with van der Waals surface area (Å²) in [6.07, 6.45) is 0. The van der Waals surface area contributed by atoms with E-state index in [4.69, 9.17) is 16.6 Å². The Kier molecular flexibility index (Phi) is 2.41. The third kappa shape index (κ3) is 1.55. The van der Waals surface area contributed by atoms with Crippen molar-refractivity contribution in [1.29, 1.82) is 0 Å². The third-order valence-electron chi connectivity index (χ3n) is 2.20. The largest absolute Gasteiger partial charge is 0.388 e. The van der Waals surface area contributed by atoms with E-state index in [-0.39, 0.29) is 23.8 Å². The topological polar surface area (TPSA) is 115 Å². The fourth-order valence-corrected chi connectivity index (χ4v) is 1.54. The van der Waals surface area contributed by atoms with Gasteiger partial charge in [0.05, 0.1) is 16.5 Å². The van der Waals surface area contributed by atoms with Crippen molar-refractivity contribution in [2.24, 2.45) is 5.73 Å². The van der Waals surface area contributed by atoms with Crippen LogP contribution in [-0.2, 0) is 6.61 Å². The molecule has 0 atom stereocenters. The maximum atomic E-state index is 11.2. The van der Waals surface area contributed by atoms with Crippen LogP contribution in [0.15, 0.2) is 18.2 Å². The van der Waals surface area contributed by atoms with Crippen molar-refractivity contribution >= 4 is 22.6 Å². The molecule has 0 saturated heterocycles. The monoisotopic (exact) mass is 218 g/mol. The molecule has 6 nitrogen and oxygen atoms in total. The number of hydrogen-bond donors (Lipinski definition) is 3. The highest BCUT2D eigenvalue weighted by atomic mass is 16.3. The van der Waals surface area contributed by atoms with Crippen molar-refractivity contribution in [2.75, 3.05) is 5.73 Å². The second kappa shape index (κ2) is 3.74. The minimum Gasteiger partial charge on any atom is -0.388 e. The Morgan fingerprint density at radius 1 is 1.38 bits per heavy atom. The van der Waals surface area contributed by atoms with Gasteiger partial charge < -0.3 is 16.6 Å². The number of primary amides is 1. The van der Waals surface area contributed by atoms with Gasteiger partial charge in [0, 0.05) is 0 Å². The number of aliphatic hydroxyl groups is 1. The first-order chi connectivity index (χ1) is 7.63. The average molecular weight is 218 g/mol. The number of fused-ring (bicyclic) bond motifs is 1. The van der Waals surface area contributed by atoms with Crippen LogP contribution in [-0.4, -0.2) is 21.0 Å². The van der Waals surface area contributed by atoms with Crippen LogP contribution in [0.25, 0.3) is 10.9 Å². The molecule has 0 aliphatic heterocycles. The van der Waals surface area contributed by atoms with Gasteiger partial charge in [-0.2, -0.15) is 0 Å². The number of nitrogens with two attached hydrogens (primary N) is 2. The maximum Gasteiger partial charge on any atom is 0.249 e. The van der Waals surface area contributed by atoms with Crippen molar-refractivity contribution in [1.82, 2.24) is 9.97 Å². The first-order valence-corrected chi connectivity index (χ1v) is 4.59. The Morgan fingerprint density at radius 3 is 2.75 bits per heavy atom. The highest BCUT2D eigenvalue weighted by molar-refractivity contribution is 6.08. The van der Waals surface area contributed by atoms with Crippen LogP contribution in [0.1, 0.15) is 16.2 Å². The number of anilines is 1. The lowest BCUT2D eigenvalue weighted by molar-refractivity contribution is 0.100. The predicted molar refractivity (Wildman–Crippen MR) is 58.4 cm³/mol. The van der Waals surface area contributed by atoms with E-state index in [0.717, 1.165) is 0 Å². The molecule has 0 bridgehead atoms. The quantitative estimate of drug-likeness (QED) is 0.645. The molecular formula is C10H10N4O2. The molecule has 1 aromatic heterocycles. The average Bonchev–Trinajstić information content (AvgIpc) is 2.27. The summed E-state index contributed by atoms with van der Waals surface area (Å²) in [5.41, 5.74) is 11.7. The Labute approximate surface area is 90.9 Å². The molecule has 1 heterocycles. The summed E-state index contributed by atoms with van der Waals surface area (Å²) >= 11 is 0. The normalized spacial score (nSPS) is 10.6. The van der Waals surface area contributed by atoms with Crippen LogP contribution in [0.3, 0.4) is 0 Å². The maximum absolute atomic E-state index is 11.2.